The minimum atomic E-state index is -1.17. The van der Waals surface area contributed by atoms with Gasteiger partial charge in [-0.25, -0.2) is 4.79 Å². The Morgan fingerprint density at radius 3 is 2.41 bits per heavy atom. The molecule has 1 unspecified atom stereocenters. The van der Waals surface area contributed by atoms with Crippen LogP contribution in [0.3, 0.4) is 0 Å². The van der Waals surface area contributed by atoms with Crippen LogP contribution in [0.1, 0.15) is 28.8 Å². The minimum absolute atomic E-state index is 0.0925. The van der Waals surface area contributed by atoms with Gasteiger partial charge < -0.3 is 14.7 Å². The highest BCUT2D eigenvalue weighted by atomic mass is 35.5. The lowest BCUT2D eigenvalue weighted by Gasteiger charge is -2.43. The predicted molar refractivity (Wildman–Crippen MR) is 113 cm³/mol. The second-order valence-electron chi connectivity index (χ2n) is 8.03. The van der Waals surface area contributed by atoms with Crippen molar-refractivity contribution in [2.24, 2.45) is 0 Å². The molecule has 3 fully saturated rings. The van der Waals surface area contributed by atoms with Crippen molar-refractivity contribution in [1.82, 2.24) is 19.6 Å². The molecule has 1 N–H and O–H groups in total. The maximum Gasteiger partial charge on any atom is 0.409 e. The summed E-state index contributed by atoms with van der Waals surface area (Å²) in [6, 6.07) is 5.27. The average molecular weight is 465 g/mol. The van der Waals surface area contributed by atoms with E-state index in [1.807, 2.05) is 11.0 Å². The third-order valence-electron chi connectivity index (χ3n) is 6.08. The van der Waals surface area contributed by atoms with Crippen molar-refractivity contribution in [1.29, 1.82) is 0 Å². The van der Waals surface area contributed by atoms with Crippen LogP contribution in [0.5, 0.6) is 0 Å². The van der Waals surface area contributed by atoms with Crippen molar-refractivity contribution in [2.75, 3.05) is 45.9 Å². The summed E-state index contributed by atoms with van der Waals surface area (Å²) < 4.78 is 5.33. The second-order valence-corrected chi connectivity index (χ2v) is 8.43. The third kappa shape index (κ3) is 4.43. The topological polar surface area (TPSA) is 111 Å². The minimum Gasteiger partial charge on any atom is -0.465 e. The Labute approximate surface area is 190 Å². The maximum absolute atomic E-state index is 13.2. The molecule has 0 radical (unpaired) electrons. The number of likely N-dealkylation sites (tertiary alicyclic amines) is 1. The first-order valence-corrected chi connectivity index (χ1v) is 11.0. The number of rotatable bonds is 4. The molecule has 4 rings (SSSR count). The standard InChI is InChI=1S/C21H25ClN4O6/c22-15-3-1-2-14(19(15)20(29)24-8-10-32-11-9-24)12-23-6-7-25(21(30)31)16(13-23)26-17(27)4-5-18(26)28/h1-3,16H,4-13H2,(H,30,31). The first kappa shape index (κ1) is 22.5. The number of carbonyl (C=O) groups excluding carboxylic acids is 3. The molecule has 1 aromatic rings. The Hall–Kier alpha value is -2.69. The molecule has 11 heteroatoms. The third-order valence-corrected chi connectivity index (χ3v) is 6.39. The number of hydrogen-bond donors (Lipinski definition) is 1. The fourth-order valence-electron chi connectivity index (χ4n) is 4.44. The summed E-state index contributed by atoms with van der Waals surface area (Å²) in [6.45, 7) is 2.98. The monoisotopic (exact) mass is 464 g/mol. The Morgan fingerprint density at radius 1 is 1.06 bits per heavy atom. The lowest BCUT2D eigenvalue weighted by Crippen LogP contribution is -2.62. The van der Waals surface area contributed by atoms with Crippen LogP contribution in [0.4, 0.5) is 4.79 Å². The van der Waals surface area contributed by atoms with Gasteiger partial charge in [-0.1, -0.05) is 23.7 Å². The molecule has 172 valence electrons. The largest absolute Gasteiger partial charge is 0.465 e. The van der Waals surface area contributed by atoms with Gasteiger partial charge in [0.15, 0.2) is 0 Å². The lowest BCUT2D eigenvalue weighted by atomic mass is 10.0. The van der Waals surface area contributed by atoms with Crippen LogP contribution < -0.4 is 0 Å². The van der Waals surface area contributed by atoms with Crippen molar-refractivity contribution in [3.05, 3.63) is 34.3 Å². The number of nitrogens with zero attached hydrogens (tertiary/aromatic N) is 4. The van der Waals surface area contributed by atoms with E-state index in [-0.39, 0.29) is 43.7 Å². The lowest BCUT2D eigenvalue weighted by molar-refractivity contribution is -0.147. The average Bonchev–Trinajstić information content (AvgIpc) is 3.11. The number of ether oxygens (including phenoxy) is 1. The molecule has 0 saturated carbocycles. The van der Waals surface area contributed by atoms with Gasteiger partial charge in [-0.15, -0.1) is 0 Å². The number of imide groups is 1. The van der Waals surface area contributed by atoms with Gasteiger partial charge in [-0.3, -0.25) is 29.1 Å². The van der Waals surface area contributed by atoms with Gasteiger partial charge in [0, 0.05) is 52.1 Å². The van der Waals surface area contributed by atoms with Crippen molar-refractivity contribution in [2.45, 2.75) is 25.6 Å². The summed E-state index contributed by atoms with van der Waals surface area (Å²) in [4.78, 5) is 55.3. The number of piperazine rings is 1. The molecule has 0 aliphatic carbocycles. The zero-order chi connectivity index (χ0) is 22.8. The molecule has 10 nitrogen and oxygen atoms in total. The smallest absolute Gasteiger partial charge is 0.409 e. The number of carbonyl (C=O) groups is 4. The van der Waals surface area contributed by atoms with E-state index < -0.39 is 12.3 Å². The van der Waals surface area contributed by atoms with Gasteiger partial charge in [0.1, 0.15) is 6.17 Å². The molecule has 0 aromatic heterocycles. The zero-order valence-electron chi connectivity index (χ0n) is 17.5. The fraction of sp³-hybridized carbons (Fsp3) is 0.524. The molecule has 0 bridgehead atoms. The highest BCUT2D eigenvalue weighted by Crippen LogP contribution is 2.26. The molecule has 3 aliphatic rings. The van der Waals surface area contributed by atoms with Crippen molar-refractivity contribution in [3.8, 4) is 0 Å². The van der Waals surface area contributed by atoms with Gasteiger partial charge in [-0.2, -0.15) is 0 Å². The number of benzene rings is 1. The molecule has 3 aliphatic heterocycles. The molecule has 32 heavy (non-hydrogen) atoms. The van der Waals surface area contributed by atoms with Crippen molar-refractivity contribution in [3.63, 3.8) is 0 Å². The van der Waals surface area contributed by atoms with E-state index in [1.54, 1.807) is 17.0 Å². The van der Waals surface area contributed by atoms with Gasteiger partial charge in [0.25, 0.3) is 5.91 Å². The Balaban J connectivity index is 1.56. The molecule has 0 spiro atoms. The second kappa shape index (κ2) is 9.43. The SMILES string of the molecule is O=C(c1c(Cl)cccc1CN1CCN(C(=O)O)C(N2C(=O)CCC2=O)C1)N1CCOCC1. The summed E-state index contributed by atoms with van der Waals surface area (Å²) in [5.74, 6) is -0.891. The Kier molecular flexibility index (Phi) is 6.63. The molecule has 1 atom stereocenters. The quantitative estimate of drug-likeness (QED) is 0.664. The number of hydrogen-bond acceptors (Lipinski definition) is 6. The summed E-state index contributed by atoms with van der Waals surface area (Å²) in [6.07, 6.45) is -1.88. The number of carboxylic acid groups (broad SMARTS) is 1. The first-order valence-electron chi connectivity index (χ1n) is 10.6. The molecule has 4 amide bonds. The molecule has 3 saturated heterocycles. The van der Waals surface area contributed by atoms with E-state index in [9.17, 15) is 24.3 Å². The highest BCUT2D eigenvalue weighted by Gasteiger charge is 2.42. The van der Waals surface area contributed by atoms with Gasteiger partial charge >= 0.3 is 6.09 Å². The van der Waals surface area contributed by atoms with Gasteiger partial charge in [0.05, 0.1) is 23.8 Å². The van der Waals surface area contributed by atoms with E-state index in [2.05, 4.69) is 0 Å². The van der Waals surface area contributed by atoms with Gasteiger partial charge in [-0.05, 0) is 11.6 Å². The van der Waals surface area contributed by atoms with Crippen LogP contribution >= 0.6 is 11.6 Å². The number of halogens is 1. The summed E-state index contributed by atoms with van der Waals surface area (Å²) in [5.41, 5.74) is 1.14. The first-order chi connectivity index (χ1) is 15.4. The van der Waals surface area contributed by atoms with E-state index in [1.165, 1.54) is 0 Å². The molecular formula is C21H25ClN4O6. The van der Waals surface area contributed by atoms with Crippen LogP contribution in [0.15, 0.2) is 18.2 Å². The normalized spacial score (nSPS) is 22.5. The van der Waals surface area contributed by atoms with Crippen LogP contribution in [0.2, 0.25) is 5.02 Å². The zero-order valence-corrected chi connectivity index (χ0v) is 18.3. The molecule has 3 heterocycles. The molecular weight excluding hydrogens is 440 g/mol. The van der Waals surface area contributed by atoms with Crippen LogP contribution in [-0.4, -0.2) is 101 Å². The van der Waals surface area contributed by atoms with Crippen molar-refractivity contribution < 1.29 is 29.0 Å². The molecule has 1 aromatic carbocycles. The van der Waals surface area contributed by atoms with E-state index in [4.69, 9.17) is 16.3 Å². The maximum atomic E-state index is 13.2. The summed E-state index contributed by atoms with van der Waals surface area (Å²) in [5, 5.41) is 9.95. The van der Waals surface area contributed by atoms with E-state index in [0.717, 1.165) is 15.4 Å². The van der Waals surface area contributed by atoms with Crippen LogP contribution in [-0.2, 0) is 20.9 Å². The Morgan fingerprint density at radius 2 is 1.75 bits per heavy atom. The van der Waals surface area contributed by atoms with Crippen molar-refractivity contribution >= 4 is 35.4 Å². The summed E-state index contributed by atoms with van der Waals surface area (Å²) in [7, 11) is 0. The van der Waals surface area contributed by atoms with E-state index >= 15 is 0 Å². The summed E-state index contributed by atoms with van der Waals surface area (Å²) >= 11 is 6.42. The Bertz CT molecular complexity index is 919. The predicted octanol–water partition coefficient (Wildman–Crippen LogP) is 1.08. The highest BCUT2D eigenvalue weighted by molar-refractivity contribution is 6.34. The fourth-order valence-corrected chi connectivity index (χ4v) is 4.71. The number of morpholine rings is 1. The van der Waals surface area contributed by atoms with E-state index in [0.29, 0.717) is 50.0 Å². The number of amides is 4. The van der Waals surface area contributed by atoms with Crippen LogP contribution in [0.25, 0.3) is 0 Å². The van der Waals surface area contributed by atoms with Crippen LogP contribution in [0, 0.1) is 0 Å². The van der Waals surface area contributed by atoms with Gasteiger partial charge in [0.2, 0.25) is 11.8 Å².